The van der Waals surface area contributed by atoms with Crippen LogP contribution in [0.3, 0.4) is 0 Å². The van der Waals surface area contributed by atoms with E-state index in [2.05, 4.69) is 24.1 Å². The molecule has 0 aliphatic carbocycles. The SMILES string of the molecule is COc1cncc(C(O)CNCC(C)C)c1. The summed E-state index contributed by atoms with van der Waals surface area (Å²) in [6.45, 7) is 5.69. The molecule has 0 aromatic carbocycles. The number of nitrogens with zero attached hydrogens (tertiary/aromatic N) is 1. The van der Waals surface area contributed by atoms with Gasteiger partial charge in [0.1, 0.15) is 5.75 Å². The van der Waals surface area contributed by atoms with Gasteiger partial charge in [0, 0.05) is 18.3 Å². The number of aliphatic hydroxyl groups excluding tert-OH is 1. The number of rotatable bonds is 6. The third-order valence-corrected chi connectivity index (χ3v) is 2.25. The Morgan fingerprint density at radius 2 is 2.12 bits per heavy atom. The van der Waals surface area contributed by atoms with Crippen molar-refractivity contribution in [2.45, 2.75) is 20.0 Å². The quantitative estimate of drug-likeness (QED) is 0.766. The Morgan fingerprint density at radius 1 is 1.38 bits per heavy atom. The van der Waals surface area contributed by atoms with Crippen LogP contribution in [-0.4, -0.2) is 30.3 Å². The van der Waals surface area contributed by atoms with Crippen molar-refractivity contribution in [3.05, 3.63) is 24.0 Å². The van der Waals surface area contributed by atoms with Crippen molar-refractivity contribution in [3.63, 3.8) is 0 Å². The number of hydrogen-bond acceptors (Lipinski definition) is 4. The molecule has 1 atom stereocenters. The summed E-state index contributed by atoms with van der Waals surface area (Å²) in [5, 5.41) is 13.1. The second-order valence-corrected chi connectivity index (χ2v) is 4.23. The minimum Gasteiger partial charge on any atom is -0.495 e. The smallest absolute Gasteiger partial charge is 0.137 e. The number of nitrogens with one attached hydrogen (secondary N) is 1. The summed E-state index contributed by atoms with van der Waals surface area (Å²) in [6, 6.07) is 1.80. The standard InChI is InChI=1S/C12H20N2O2/c1-9(2)5-13-8-12(15)10-4-11(16-3)7-14-6-10/h4,6-7,9,12-13,15H,5,8H2,1-3H3. The van der Waals surface area contributed by atoms with Crippen molar-refractivity contribution in [3.8, 4) is 5.75 Å². The second kappa shape index (κ2) is 6.45. The van der Waals surface area contributed by atoms with Gasteiger partial charge in [-0.25, -0.2) is 0 Å². The maximum absolute atomic E-state index is 9.90. The van der Waals surface area contributed by atoms with Crippen molar-refractivity contribution in [1.29, 1.82) is 0 Å². The lowest BCUT2D eigenvalue weighted by molar-refractivity contribution is 0.172. The average molecular weight is 224 g/mol. The fraction of sp³-hybridized carbons (Fsp3) is 0.583. The molecular weight excluding hydrogens is 204 g/mol. The Bertz CT molecular complexity index is 316. The van der Waals surface area contributed by atoms with E-state index in [-0.39, 0.29) is 0 Å². The summed E-state index contributed by atoms with van der Waals surface area (Å²) in [6.07, 6.45) is 2.74. The largest absolute Gasteiger partial charge is 0.495 e. The van der Waals surface area contributed by atoms with Crippen LogP contribution >= 0.6 is 0 Å². The van der Waals surface area contributed by atoms with Crippen LogP contribution in [0.5, 0.6) is 5.75 Å². The molecule has 16 heavy (non-hydrogen) atoms. The first-order valence-corrected chi connectivity index (χ1v) is 5.51. The normalized spacial score (nSPS) is 12.8. The fourth-order valence-corrected chi connectivity index (χ4v) is 1.36. The average Bonchev–Trinajstić information content (AvgIpc) is 2.28. The van der Waals surface area contributed by atoms with Crippen LogP contribution in [0.4, 0.5) is 0 Å². The third-order valence-electron chi connectivity index (χ3n) is 2.25. The monoisotopic (exact) mass is 224 g/mol. The number of aliphatic hydroxyl groups is 1. The molecule has 90 valence electrons. The maximum atomic E-state index is 9.90. The highest BCUT2D eigenvalue weighted by Crippen LogP contribution is 2.16. The molecule has 0 radical (unpaired) electrons. The van der Waals surface area contributed by atoms with Crippen LogP contribution in [0.15, 0.2) is 18.5 Å². The van der Waals surface area contributed by atoms with Crippen LogP contribution < -0.4 is 10.1 Å². The second-order valence-electron chi connectivity index (χ2n) is 4.23. The first-order valence-electron chi connectivity index (χ1n) is 5.51. The zero-order chi connectivity index (χ0) is 12.0. The highest BCUT2D eigenvalue weighted by atomic mass is 16.5. The van der Waals surface area contributed by atoms with Gasteiger partial charge in [0.25, 0.3) is 0 Å². The Labute approximate surface area is 96.7 Å². The zero-order valence-electron chi connectivity index (χ0n) is 10.1. The number of pyridine rings is 1. The lowest BCUT2D eigenvalue weighted by Crippen LogP contribution is -2.25. The van der Waals surface area contributed by atoms with E-state index in [1.165, 1.54) is 0 Å². The van der Waals surface area contributed by atoms with Crippen LogP contribution in [0.25, 0.3) is 0 Å². The van der Waals surface area contributed by atoms with Crippen molar-refractivity contribution in [1.82, 2.24) is 10.3 Å². The predicted molar refractivity (Wildman–Crippen MR) is 63.5 cm³/mol. The van der Waals surface area contributed by atoms with E-state index in [4.69, 9.17) is 4.74 Å². The molecule has 0 aliphatic rings. The lowest BCUT2D eigenvalue weighted by atomic mass is 10.1. The molecule has 0 bridgehead atoms. The molecule has 2 N–H and O–H groups in total. The topological polar surface area (TPSA) is 54.4 Å². The van der Waals surface area contributed by atoms with Crippen LogP contribution in [-0.2, 0) is 0 Å². The van der Waals surface area contributed by atoms with Crippen molar-refractivity contribution in [2.75, 3.05) is 20.2 Å². The van der Waals surface area contributed by atoms with Gasteiger partial charge >= 0.3 is 0 Å². The van der Waals surface area contributed by atoms with Gasteiger partial charge < -0.3 is 15.2 Å². The zero-order valence-corrected chi connectivity index (χ0v) is 10.1. The number of ether oxygens (including phenoxy) is 1. The van der Waals surface area contributed by atoms with E-state index in [0.717, 1.165) is 12.1 Å². The first-order chi connectivity index (χ1) is 7.63. The number of hydrogen-bond donors (Lipinski definition) is 2. The highest BCUT2D eigenvalue weighted by Gasteiger charge is 2.08. The Balaban J connectivity index is 2.48. The molecule has 1 aromatic rings. The van der Waals surface area contributed by atoms with Crippen LogP contribution in [0.2, 0.25) is 0 Å². The van der Waals surface area contributed by atoms with E-state index in [1.54, 1.807) is 25.6 Å². The lowest BCUT2D eigenvalue weighted by Gasteiger charge is -2.13. The molecule has 1 aromatic heterocycles. The first kappa shape index (κ1) is 12.9. The Hall–Kier alpha value is -1.13. The molecule has 0 saturated heterocycles. The van der Waals surface area contributed by atoms with Gasteiger partial charge in [0.05, 0.1) is 19.4 Å². The Morgan fingerprint density at radius 3 is 2.75 bits per heavy atom. The van der Waals surface area contributed by atoms with Crippen molar-refractivity contribution < 1.29 is 9.84 Å². The third kappa shape index (κ3) is 4.16. The van der Waals surface area contributed by atoms with E-state index in [0.29, 0.717) is 18.2 Å². The summed E-state index contributed by atoms with van der Waals surface area (Å²) in [5.41, 5.74) is 0.774. The van der Waals surface area contributed by atoms with E-state index < -0.39 is 6.10 Å². The van der Waals surface area contributed by atoms with Gasteiger partial charge in [-0.2, -0.15) is 0 Å². The molecule has 0 spiro atoms. The van der Waals surface area contributed by atoms with Gasteiger partial charge in [-0.1, -0.05) is 13.8 Å². The molecular formula is C12H20N2O2. The summed E-state index contributed by atoms with van der Waals surface area (Å²) < 4.78 is 5.05. The molecule has 1 heterocycles. The molecule has 0 saturated carbocycles. The molecule has 0 amide bonds. The number of aromatic nitrogens is 1. The van der Waals surface area contributed by atoms with Gasteiger partial charge in [0.2, 0.25) is 0 Å². The van der Waals surface area contributed by atoms with Gasteiger partial charge in [0.15, 0.2) is 0 Å². The molecule has 4 nitrogen and oxygen atoms in total. The van der Waals surface area contributed by atoms with E-state index in [1.807, 2.05) is 0 Å². The van der Waals surface area contributed by atoms with E-state index >= 15 is 0 Å². The minimum absolute atomic E-state index is 0.535. The van der Waals surface area contributed by atoms with Crippen LogP contribution in [0.1, 0.15) is 25.5 Å². The molecule has 4 heteroatoms. The molecule has 1 unspecified atom stereocenters. The van der Waals surface area contributed by atoms with Gasteiger partial charge in [-0.3, -0.25) is 4.98 Å². The summed E-state index contributed by atoms with van der Waals surface area (Å²) in [7, 11) is 1.59. The highest BCUT2D eigenvalue weighted by molar-refractivity contribution is 5.25. The van der Waals surface area contributed by atoms with Crippen molar-refractivity contribution >= 4 is 0 Å². The van der Waals surface area contributed by atoms with E-state index in [9.17, 15) is 5.11 Å². The fourth-order valence-electron chi connectivity index (χ4n) is 1.36. The number of methoxy groups -OCH3 is 1. The molecule has 1 rings (SSSR count). The van der Waals surface area contributed by atoms with Gasteiger partial charge in [-0.15, -0.1) is 0 Å². The summed E-state index contributed by atoms with van der Waals surface area (Å²) >= 11 is 0. The van der Waals surface area contributed by atoms with Crippen LogP contribution in [0, 0.1) is 5.92 Å². The molecule has 0 fully saturated rings. The predicted octanol–water partition coefficient (Wildman–Crippen LogP) is 1.37. The summed E-state index contributed by atoms with van der Waals surface area (Å²) in [4.78, 5) is 4.01. The minimum atomic E-state index is -0.540. The molecule has 0 aliphatic heterocycles. The maximum Gasteiger partial charge on any atom is 0.137 e. The van der Waals surface area contributed by atoms with Gasteiger partial charge in [-0.05, 0) is 18.5 Å². The summed E-state index contributed by atoms with van der Waals surface area (Å²) in [5.74, 6) is 1.25. The van der Waals surface area contributed by atoms with Crippen molar-refractivity contribution in [2.24, 2.45) is 5.92 Å². The Kier molecular flexibility index (Phi) is 5.22.